The summed E-state index contributed by atoms with van der Waals surface area (Å²) >= 11 is 5.86. The van der Waals surface area contributed by atoms with Crippen LogP contribution in [0.5, 0.6) is 0 Å². The monoisotopic (exact) mass is 406 g/mol. The van der Waals surface area contributed by atoms with Crippen molar-refractivity contribution in [1.82, 2.24) is 0 Å². The van der Waals surface area contributed by atoms with Crippen LogP contribution in [0.25, 0.3) is 0 Å². The van der Waals surface area contributed by atoms with E-state index in [1.54, 1.807) is 24.3 Å². The van der Waals surface area contributed by atoms with Crippen LogP contribution >= 0.6 is 11.6 Å². The number of benzene rings is 2. The average Bonchev–Trinajstić information content (AvgIpc) is 2.63. The van der Waals surface area contributed by atoms with Gasteiger partial charge in [-0.05, 0) is 60.7 Å². The fraction of sp³-hybridized carbons (Fsp3) is 0.350. The van der Waals surface area contributed by atoms with Crippen LogP contribution in [-0.2, 0) is 27.7 Å². The molecule has 0 bridgehead atoms. The lowest BCUT2D eigenvalue weighted by Gasteiger charge is -2.30. The number of halogens is 1. The molecule has 27 heavy (non-hydrogen) atoms. The molecule has 1 heterocycles. The van der Waals surface area contributed by atoms with Gasteiger partial charge in [-0.15, -0.1) is 0 Å². The van der Waals surface area contributed by atoms with E-state index in [0.29, 0.717) is 23.7 Å². The van der Waals surface area contributed by atoms with E-state index in [0.717, 1.165) is 29.7 Å². The fourth-order valence-corrected chi connectivity index (χ4v) is 5.04. The second-order valence-electron chi connectivity index (χ2n) is 6.69. The van der Waals surface area contributed by atoms with Crippen LogP contribution in [0.3, 0.4) is 0 Å². The van der Waals surface area contributed by atoms with E-state index in [1.165, 1.54) is 4.31 Å². The van der Waals surface area contributed by atoms with Crippen molar-refractivity contribution in [3.05, 3.63) is 58.6 Å². The minimum absolute atomic E-state index is 0.122. The standard InChI is InChI=1S/C20H23ClN2O3S/c1-2-12-27(25,26)23-11-3-4-16-14-18(9-10-19(16)23)22-20(24)13-15-5-7-17(21)8-6-15/h5-10,14H,2-4,11-13H2,1H3,(H,22,24). The van der Waals surface area contributed by atoms with Gasteiger partial charge in [0.1, 0.15) is 0 Å². The predicted molar refractivity (Wildman–Crippen MR) is 110 cm³/mol. The quantitative estimate of drug-likeness (QED) is 0.788. The first-order valence-corrected chi connectivity index (χ1v) is 11.1. The van der Waals surface area contributed by atoms with Gasteiger partial charge in [-0.2, -0.15) is 0 Å². The molecule has 7 heteroatoms. The van der Waals surface area contributed by atoms with Gasteiger partial charge in [0.2, 0.25) is 15.9 Å². The highest BCUT2D eigenvalue weighted by Crippen LogP contribution is 2.32. The largest absolute Gasteiger partial charge is 0.326 e. The van der Waals surface area contributed by atoms with E-state index >= 15 is 0 Å². The number of hydrogen-bond donors (Lipinski definition) is 1. The van der Waals surface area contributed by atoms with Gasteiger partial charge in [0, 0.05) is 17.3 Å². The lowest BCUT2D eigenvalue weighted by Crippen LogP contribution is -2.37. The molecular weight excluding hydrogens is 384 g/mol. The van der Waals surface area contributed by atoms with E-state index in [-0.39, 0.29) is 18.1 Å². The summed E-state index contributed by atoms with van der Waals surface area (Å²) < 4.78 is 26.5. The van der Waals surface area contributed by atoms with Crippen LogP contribution in [0, 0.1) is 0 Å². The summed E-state index contributed by atoms with van der Waals surface area (Å²) in [6.07, 6.45) is 2.42. The van der Waals surface area contributed by atoms with Crippen LogP contribution in [0.4, 0.5) is 11.4 Å². The van der Waals surface area contributed by atoms with E-state index in [9.17, 15) is 13.2 Å². The van der Waals surface area contributed by atoms with Gasteiger partial charge < -0.3 is 5.32 Å². The summed E-state index contributed by atoms with van der Waals surface area (Å²) in [5.41, 5.74) is 3.24. The van der Waals surface area contributed by atoms with Crippen molar-refractivity contribution in [1.29, 1.82) is 0 Å². The number of carbonyl (C=O) groups excluding carboxylic acids is 1. The third-order valence-electron chi connectivity index (χ3n) is 4.52. The summed E-state index contributed by atoms with van der Waals surface area (Å²) in [5.74, 6) is 0.0231. The molecule has 0 unspecified atom stereocenters. The summed E-state index contributed by atoms with van der Waals surface area (Å²) in [6.45, 7) is 2.37. The highest BCUT2D eigenvalue weighted by atomic mass is 35.5. The molecule has 0 radical (unpaired) electrons. The number of hydrogen-bond acceptors (Lipinski definition) is 3. The molecule has 2 aromatic rings. The molecule has 1 amide bonds. The molecule has 5 nitrogen and oxygen atoms in total. The van der Waals surface area contributed by atoms with Crippen molar-refractivity contribution in [2.45, 2.75) is 32.6 Å². The second kappa shape index (κ2) is 8.31. The maximum atomic E-state index is 12.5. The van der Waals surface area contributed by atoms with Gasteiger partial charge in [0.15, 0.2) is 0 Å². The molecule has 3 rings (SSSR count). The number of rotatable bonds is 6. The van der Waals surface area contributed by atoms with Crippen molar-refractivity contribution in [3.8, 4) is 0 Å². The Hall–Kier alpha value is -2.05. The molecule has 0 fully saturated rings. The SMILES string of the molecule is CCCS(=O)(=O)N1CCCc2cc(NC(=O)Cc3ccc(Cl)cc3)ccc21. The van der Waals surface area contributed by atoms with Crippen LogP contribution < -0.4 is 9.62 Å². The number of sulfonamides is 1. The van der Waals surface area contributed by atoms with Gasteiger partial charge in [-0.1, -0.05) is 30.7 Å². The molecule has 0 saturated carbocycles. The Kier molecular flexibility index (Phi) is 6.07. The predicted octanol–water partition coefficient (Wildman–Crippen LogP) is 4.01. The number of fused-ring (bicyclic) bond motifs is 1. The Labute approximate surface area is 165 Å². The number of anilines is 2. The Balaban J connectivity index is 1.74. The number of aryl methyl sites for hydroxylation is 1. The number of amides is 1. The van der Waals surface area contributed by atoms with Crippen molar-refractivity contribution >= 4 is 38.9 Å². The molecular formula is C20H23ClN2O3S. The van der Waals surface area contributed by atoms with Gasteiger partial charge >= 0.3 is 0 Å². The topological polar surface area (TPSA) is 66.5 Å². The first-order valence-electron chi connectivity index (χ1n) is 9.06. The number of carbonyl (C=O) groups is 1. The van der Waals surface area contributed by atoms with E-state index < -0.39 is 10.0 Å². The highest BCUT2D eigenvalue weighted by molar-refractivity contribution is 7.92. The van der Waals surface area contributed by atoms with Crippen molar-refractivity contribution in [2.75, 3.05) is 21.9 Å². The lowest BCUT2D eigenvalue weighted by atomic mass is 10.0. The van der Waals surface area contributed by atoms with Crippen molar-refractivity contribution in [2.24, 2.45) is 0 Å². The minimum atomic E-state index is -3.29. The van der Waals surface area contributed by atoms with Gasteiger partial charge in [0.25, 0.3) is 0 Å². The Morgan fingerprint density at radius 2 is 1.93 bits per heavy atom. The zero-order valence-corrected chi connectivity index (χ0v) is 16.8. The number of nitrogens with zero attached hydrogens (tertiary/aromatic N) is 1. The average molecular weight is 407 g/mol. The van der Waals surface area contributed by atoms with Crippen LogP contribution in [0.2, 0.25) is 5.02 Å². The van der Waals surface area contributed by atoms with Crippen molar-refractivity contribution in [3.63, 3.8) is 0 Å². The third-order valence-corrected chi connectivity index (χ3v) is 6.74. The molecule has 0 aromatic heterocycles. The van der Waals surface area contributed by atoms with E-state index in [1.807, 2.05) is 25.1 Å². The summed E-state index contributed by atoms with van der Waals surface area (Å²) in [7, 11) is -3.29. The molecule has 2 aromatic carbocycles. The van der Waals surface area contributed by atoms with Gasteiger partial charge in [-0.25, -0.2) is 8.42 Å². The highest BCUT2D eigenvalue weighted by Gasteiger charge is 2.26. The molecule has 0 atom stereocenters. The smallest absolute Gasteiger partial charge is 0.235 e. The first-order chi connectivity index (χ1) is 12.9. The fourth-order valence-electron chi connectivity index (χ4n) is 3.29. The van der Waals surface area contributed by atoms with Gasteiger partial charge in [0.05, 0.1) is 17.9 Å². The summed E-state index contributed by atoms with van der Waals surface area (Å²) in [6, 6.07) is 12.6. The molecule has 0 saturated heterocycles. The zero-order valence-electron chi connectivity index (χ0n) is 15.2. The Bertz CT molecular complexity index is 927. The first kappa shape index (κ1) is 19.7. The number of nitrogens with one attached hydrogen (secondary N) is 1. The molecule has 1 aliphatic rings. The van der Waals surface area contributed by atoms with Gasteiger partial charge in [-0.3, -0.25) is 9.10 Å². The third kappa shape index (κ3) is 4.82. The normalized spacial score (nSPS) is 13.9. The van der Waals surface area contributed by atoms with Crippen molar-refractivity contribution < 1.29 is 13.2 Å². The molecule has 0 aliphatic carbocycles. The lowest BCUT2D eigenvalue weighted by molar-refractivity contribution is -0.115. The van der Waals surface area contributed by atoms with Crippen LogP contribution in [0.15, 0.2) is 42.5 Å². The summed E-state index contributed by atoms with van der Waals surface area (Å²) in [4.78, 5) is 12.3. The maximum absolute atomic E-state index is 12.5. The second-order valence-corrected chi connectivity index (χ2v) is 9.14. The zero-order chi connectivity index (χ0) is 19.4. The van der Waals surface area contributed by atoms with Crippen LogP contribution in [0.1, 0.15) is 30.9 Å². The Morgan fingerprint density at radius 1 is 1.19 bits per heavy atom. The maximum Gasteiger partial charge on any atom is 0.235 e. The molecule has 144 valence electrons. The van der Waals surface area contributed by atoms with E-state index in [2.05, 4.69) is 5.32 Å². The molecule has 1 N–H and O–H groups in total. The van der Waals surface area contributed by atoms with E-state index in [4.69, 9.17) is 11.6 Å². The van der Waals surface area contributed by atoms with Crippen LogP contribution in [-0.4, -0.2) is 26.6 Å². The molecule has 1 aliphatic heterocycles. The Morgan fingerprint density at radius 3 is 2.63 bits per heavy atom. The summed E-state index contributed by atoms with van der Waals surface area (Å²) in [5, 5.41) is 3.53. The molecule has 0 spiro atoms. The minimum Gasteiger partial charge on any atom is -0.326 e.